The fourth-order valence-electron chi connectivity index (χ4n) is 6.72. The van der Waals surface area contributed by atoms with Crippen LogP contribution in [0.2, 0.25) is 10.0 Å². The molecule has 4 bridgehead atoms. The Kier molecular flexibility index (Phi) is 5.14. The van der Waals surface area contributed by atoms with Crippen molar-refractivity contribution < 1.29 is 18.0 Å². The van der Waals surface area contributed by atoms with Gasteiger partial charge in [0.05, 0.1) is 4.90 Å². The molecule has 1 aromatic rings. The molecule has 0 heterocycles. The minimum absolute atomic E-state index is 0.0328. The van der Waals surface area contributed by atoms with Gasteiger partial charge in [0.1, 0.15) is 5.54 Å². The summed E-state index contributed by atoms with van der Waals surface area (Å²) in [4.78, 5) is 25.6. The molecule has 174 valence electrons. The third-order valence-corrected chi connectivity index (χ3v) is 10.7. The van der Waals surface area contributed by atoms with E-state index in [2.05, 4.69) is 5.32 Å². The van der Waals surface area contributed by atoms with Gasteiger partial charge in [0.25, 0.3) is 0 Å². The highest BCUT2D eigenvalue weighted by Crippen LogP contribution is 2.60. The molecule has 5 aliphatic carbocycles. The van der Waals surface area contributed by atoms with E-state index in [1.807, 2.05) is 0 Å². The van der Waals surface area contributed by atoms with Crippen molar-refractivity contribution in [1.82, 2.24) is 9.62 Å². The molecular weight excluding hydrogens is 473 g/mol. The quantitative estimate of drug-likeness (QED) is 0.626. The SMILES string of the molecule is CN(C1(C(=O)NC2C3CC4CC2CC(C(N)=O)(C4)C3)CC1)S(=O)(=O)c1cc(Cl)cc(Cl)c1. The van der Waals surface area contributed by atoms with Crippen LogP contribution in [0.4, 0.5) is 0 Å². The number of hydrogen-bond acceptors (Lipinski definition) is 4. The molecule has 1 aromatic carbocycles. The highest BCUT2D eigenvalue weighted by Gasteiger charge is 2.61. The van der Waals surface area contributed by atoms with Crippen LogP contribution in [0.3, 0.4) is 0 Å². The summed E-state index contributed by atoms with van der Waals surface area (Å²) in [5.74, 6) is 0.427. The third kappa shape index (κ3) is 3.37. The first-order valence-electron chi connectivity index (χ1n) is 11.0. The average molecular weight is 500 g/mol. The minimum Gasteiger partial charge on any atom is -0.369 e. The maximum Gasteiger partial charge on any atom is 0.243 e. The number of hydrogen-bond donors (Lipinski definition) is 2. The Morgan fingerprint density at radius 2 is 1.62 bits per heavy atom. The summed E-state index contributed by atoms with van der Waals surface area (Å²) in [5.41, 5.74) is 4.23. The number of nitrogens with two attached hydrogens (primary N) is 1. The van der Waals surface area contributed by atoms with E-state index in [9.17, 15) is 18.0 Å². The molecule has 0 spiro atoms. The van der Waals surface area contributed by atoms with Crippen molar-refractivity contribution in [2.45, 2.75) is 61.4 Å². The Hall–Kier alpha value is -1.35. The largest absolute Gasteiger partial charge is 0.369 e. The van der Waals surface area contributed by atoms with Crippen molar-refractivity contribution in [1.29, 1.82) is 0 Å². The molecule has 3 N–H and O–H groups in total. The van der Waals surface area contributed by atoms with Gasteiger partial charge in [0.15, 0.2) is 0 Å². The zero-order valence-corrected chi connectivity index (χ0v) is 20.1. The number of amides is 2. The number of likely N-dealkylation sites (N-methyl/N-ethyl adjacent to an activating group) is 1. The summed E-state index contributed by atoms with van der Waals surface area (Å²) < 4.78 is 27.7. The molecule has 10 heteroatoms. The van der Waals surface area contributed by atoms with Crippen molar-refractivity contribution in [2.75, 3.05) is 7.05 Å². The molecule has 2 atom stereocenters. The predicted molar refractivity (Wildman–Crippen MR) is 120 cm³/mol. The van der Waals surface area contributed by atoms with Crippen molar-refractivity contribution in [3.63, 3.8) is 0 Å². The van der Waals surface area contributed by atoms with Gasteiger partial charge < -0.3 is 11.1 Å². The van der Waals surface area contributed by atoms with Crippen LogP contribution < -0.4 is 11.1 Å². The normalized spacial score (nSPS) is 34.5. The third-order valence-electron chi connectivity index (χ3n) is 8.34. The lowest BCUT2D eigenvalue weighted by molar-refractivity contribution is -0.148. The second kappa shape index (κ2) is 7.32. The van der Waals surface area contributed by atoms with Gasteiger partial charge in [0.2, 0.25) is 21.8 Å². The lowest BCUT2D eigenvalue weighted by Gasteiger charge is -2.59. The number of benzene rings is 1. The van der Waals surface area contributed by atoms with E-state index in [1.54, 1.807) is 0 Å². The van der Waals surface area contributed by atoms with E-state index in [-0.39, 0.29) is 44.6 Å². The van der Waals surface area contributed by atoms with Gasteiger partial charge in [0, 0.05) is 28.5 Å². The first-order valence-corrected chi connectivity index (χ1v) is 13.2. The summed E-state index contributed by atoms with van der Waals surface area (Å²) in [6.45, 7) is 0. The van der Waals surface area contributed by atoms with Crippen LogP contribution in [0, 0.1) is 23.2 Å². The van der Waals surface area contributed by atoms with Crippen LogP contribution in [0.25, 0.3) is 0 Å². The summed E-state index contributed by atoms with van der Waals surface area (Å²) in [7, 11) is -2.52. The van der Waals surface area contributed by atoms with Crippen LogP contribution in [-0.2, 0) is 19.6 Å². The number of sulfonamides is 1. The molecule has 0 aromatic heterocycles. The molecule has 5 fully saturated rings. The van der Waals surface area contributed by atoms with E-state index >= 15 is 0 Å². The van der Waals surface area contributed by atoms with Crippen LogP contribution in [0.15, 0.2) is 23.1 Å². The number of carbonyl (C=O) groups excluding carboxylic acids is 2. The molecule has 7 nitrogen and oxygen atoms in total. The summed E-state index contributed by atoms with van der Waals surface area (Å²) >= 11 is 12.0. The summed E-state index contributed by atoms with van der Waals surface area (Å²) in [6.07, 6.45) is 5.17. The number of carbonyl (C=O) groups is 2. The van der Waals surface area contributed by atoms with Crippen LogP contribution in [0.1, 0.15) is 44.9 Å². The van der Waals surface area contributed by atoms with Crippen LogP contribution in [0.5, 0.6) is 0 Å². The first-order chi connectivity index (χ1) is 15.0. The Bertz CT molecular complexity index is 1070. The molecule has 5 aliphatic rings. The highest BCUT2D eigenvalue weighted by atomic mass is 35.5. The van der Waals surface area contributed by atoms with Crippen LogP contribution >= 0.6 is 23.2 Å². The molecule has 2 unspecified atom stereocenters. The van der Waals surface area contributed by atoms with Crippen molar-refractivity contribution in [3.8, 4) is 0 Å². The van der Waals surface area contributed by atoms with E-state index in [1.165, 1.54) is 25.2 Å². The van der Waals surface area contributed by atoms with E-state index < -0.39 is 21.0 Å². The van der Waals surface area contributed by atoms with Gasteiger partial charge in [-0.25, -0.2) is 8.42 Å². The zero-order valence-electron chi connectivity index (χ0n) is 17.8. The monoisotopic (exact) mass is 499 g/mol. The zero-order chi connectivity index (χ0) is 23.1. The van der Waals surface area contributed by atoms with Crippen molar-refractivity contribution in [2.24, 2.45) is 28.9 Å². The molecule has 5 saturated carbocycles. The molecular formula is C22H27Cl2N3O4S. The van der Waals surface area contributed by atoms with E-state index in [0.29, 0.717) is 31.6 Å². The van der Waals surface area contributed by atoms with E-state index in [4.69, 9.17) is 28.9 Å². The van der Waals surface area contributed by atoms with Gasteiger partial charge in [-0.2, -0.15) is 4.31 Å². The summed E-state index contributed by atoms with van der Waals surface area (Å²) in [6, 6.07) is 4.11. The van der Waals surface area contributed by atoms with E-state index in [0.717, 1.165) is 23.6 Å². The average Bonchev–Trinajstić information content (AvgIpc) is 3.50. The Morgan fingerprint density at radius 1 is 1.06 bits per heavy atom. The molecule has 2 amide bonds. The number of halogens is 2. The number of nitrogens with zero attached hydrogens (tertiary/aromatic N) is 1. The molecule has 0 saturated heterocycles. The van der Waals surface area contributed by atoms with Crippen molar-refractivity contribution >= 4 is 45.0 Å². The van der Waals surface area contributed by atoms with Gasteiger partial charge >= 0.3 is 0 Å². The smallest absolute Gasteiger partial charge is 0.243 e. The Balaban J connectivity index is 1.36. The number of primary amides is 1. The second-order valence-electron chi connectivity index (χ2n) is 10.2. The predicted octanol–water partition coefficient (Wildman–Crippen LogP) is 2.94. The minimum atomic E-state index is -3.96. The second-order valence-corrected chi connectivity index (χ2v) is 13.1. The standard InChI is InChI=1S/C22H27Cl2N3O4S/c1-27(32(30,31)17-7-15(23)6-16(24)8-17)22(2-3-22)20(29)26-18-13-4-12-5-14(18)11-21(9-12,10-13)19(25)28/h6-8,12-14,18H,2-5,9-11H2,1H3,(H2,25,28)(H,26,29). The highest BCUT2D eigenvalue weighted by molar-refractivity contribution is 7.89. The van der Waals surface area contributed by atoms with Gasteiger partial charge in [-0.3, -0.25) is 9.59 Å². The number of rotatable bonds is 6. The van der Waals surface area contributed by atoms with Crippen molar-refractivity contribution in [3.05, 3.63) is 28.2 Å². The Morgan fingerprint density at radius 3 is 2.12 bits per heavy atom. The lowest BCUT2D eigenvalue weighted by Crippen LogP contribution is -2.64. The maximum absolute atomic E-state index is 13.4. The molecule has 32 heavy (non-hydrogen) atoms. The molecule has 0 aliphatic heterocycles. The molecule has 6 rings (SSSR count). The van der Waals surface area contributed by atoms with Gasteiger partial charge in [-0.05, 0) is 80.9 Å². The number of nitrogens with one attached hydrogen (secondary N) is 1. The fraction of sp³-hybridized carbons (Fsp3) is 0.636. The Labute approximate surface area is 198 Å². The van der Waals surface area contributed by atoms with Gasteiger partial charge in [-0.15, -0.1) is 0 Å². The fourth-order valence-corrected chi connectivity index (χ4v) is 8.97. The topological polar surface area (TPSA) is 110 Å². The maximum atomic E-state index is 13.4. The summed E-state index contributed by atoms with van der Waals surface area (Å²) in [5, 5.41) is 3.64. The first kappa shape index (κ1) is 22.4. The van der Waals surface area contributed by atoms with Crippen LogP contribution in [-0.4, -0.2) is 43.2 Å². The molecule has 0 radical (unpaired) electrons. The lowest BCUT2D eigenvalue weighted by atomic mass is 9.47. The van der Waals surface area contributed by atoms with Gasteiger partial charge in [-0.1, -0.05) is 23.2 Å².